The minimum absolute atomic E-state index is 0.0559. The molecule has 0 bridgehead atoms. The van der Waals surface area contributed by atoms with Crippen molar-refractivity contribution in [1.29, 1.82) is 5.26 Å². The summed E-state index contributed by atoms with van der Waals surface area (Å²) in [5.74, 6) is -2.40. The molecule has 254 valence electrons. The summed E-state index contributed by atoms with van der Waals surface area (Å²) in [5.41, 5.74) is 6.63. The second kappa shape index (κ2) is 14.1. The number of aromatic nitrogens is 2. The van der Waals surface area contributed by atoms with E-state index in [0.717, 1.165) is 42.2 Å². The number of rotatable bonds is 6. The third kappa shape index (κ3) is 7.39. The third-order valence-electron chi connectivity index (χ3n) is 9.35. The van der Waals surface area contributed by atoms with Crippen LogP contribution in [0.5, 0.6) is 0 Å². The first kappa shape index (κ1) is 34.3. The second-order valence-corrected chi connectivity index (χ2v) is 12.8. The largest absolute Gasteiger partial charge is 0.417 e. The molecule has 0 saturated carbocycles. The predicted molar refractivity (Wildman–Crippen MR) is 175 cm³/mol. The minimum atomic E-state index is -4.90. The number of carbonyl (C=O) groups excluding carboxylic acids is 1. The Bertz CT molecular complexity index is 1880. The number of nitriles is 1. The van der Waals surface area contributed by atoms with Gasteiger partial charge < -0.3 is 15.6 Å². The second-order valence-electron chi connectivity index (χ2n) is 12.4. The Morgan fingerprint density at radius 1 is 1.04 bits per heavy atom. The van der Waals surface area contributed by atoms with Crippen molar-refractivity contribution in [3.05, 3.63) is 118 Å². The third-order valence-corrected chi connectivity index (χ3v) is 9.65. The van der Waals surface area contributed by atoms with E-state index in [1.54, 1.807) is 42.6 Å². The Morgan fingerprint density at radius 3 is 2.39 bits per heavy atom. The number of piperidine rings is 2. The number of hydrogen-bond acceptors (Lipinski definition) is 5. The molecule has 3 atom stereocenters. The van der Waals surface area contributed by atoms with Crippen molar-refractivity contribution in [2.75, 3.05) is 19.6 Å². The number of halogens is 6. The highest BCUT2D eigenvalue weighted by Gasteiger charge is 2.43. The molecule has 0 aliphatic carbocycles. The summed E-state index contributed by atoms with van der Waals surface area (Å²) < 4.78 is 70.7. The summed E-state index contributed by atoms with van der Waals surface area (Å²) in [6.45, 7) is 1.57. The van der Waals surface area contributed by atoms with Crippen LogP contribution in [0.2, 0.25) is 5.02 Å². The maximum atomic E-state index is 15.0. The van der Waals surface area contributed by atoms with E-state index in [9.17, 15) is 27.6 Å². The molecule has 2 aliphatic rings. The summed E-state index contributed by atoms with van der Waals surface area (Å²) in [5, 5.41) is 8.70. The van der Waals surface area contributed by atoms with E-state index in [4.69, 9.17) is 17.3 Å². The molecule has 7 nitrogen and oxygen atoms in total. The van der Waals surface area contributed by atoms with Crippen LogP contribution in [0.1, 0.15) is 59.3 Å². The monoisotopic (exact) mass is 694 g/mol. The van der Waals surface area contributed by atoms with Gasteiger partial charge in [-0.1, -0.05) is 35.9 Å². The molecule has 0 spiro atoms. The van der Waals surface area contributed by atoms with E-state index >= 15 is 4.39 Å². The standard InChI is InChI=1S/C36H32ClF5N6O/c37-30-11-10-29(36(40,41)42)27(33(30)39)9-12-32(49)48-20-26(47-15-13-25(44)14-16-47)17-28(22-5-7-24(38)8-6-22)34(48)35-45-19-31(46-35)23-3-1-21(18-43)2-4-23/h1-12,19,25-26,28,34H,13-17,20,44H2,(H,45,46). The molecule has 2 saturated heterocycles. The van der Waals surface area contributed by atoms with E-state index in [1.807, 2.05) is 0 Å². The number of hydrogen-bond donors (Lipinski definition) is 2. The van der Waals surface area contributed by atoms with Crippen LogP contribution in [0, 0.1) is 23.0 Å². The zero-order chi connectivity index (χ0) is 34.9. The van der Waals surface area contributed by atoms with Gasteiger partial charge in [-0.05, 0) is 86.0 Å². The van der Waals surface area contributed by atoms with Crippen molar-refractivity contribution in [2.24, 2.45) is 5.73 Å². The smallest absolute Gasteiger partial charge is 0.340 e. The zero-order valence-corrected chi connectivity index (χ0v) is 26.9. The van der Waals surface area contributed by atoms with E-state index in [2.05, 4.69) is 20.9 Å². The first-order valence-corrected chi connectivity index (χ1v) is 16.1. The topological polar surface area (TPSA) is 102 Å². The quantitative estimate of drug-likeness (QED) is 0.161. The van der Waals surface area contributed by atoms with Crippen molar-refractivity contribution in [3.63, 3.8) is 0 Å². The fourth-order valence-electron chi connectivity index (χ4n) is 6.78. The first-order valence-electron chi connectivity index (χ1n) is 15.8. The van der Waals surface area contributed by atoms with Crippen molar-refractivity contribution in [1.82, 2.24) is 19.8 Å². The van der Waals surface area contributed by atoms with Gasteiger partial charge in [0.2, 0.25) is 5.91 Å². The van der Waals surface area contributed by atoms with Crippen LogP contribution in [0.4, 0.5) is 22.0 Å². The molecular weight excluding hydrogens is 663 g/mol. The SMILES string of the molecule is N#Cc1ccc(-c2cnc(C3C(c4ccc(F)cc4)CC(N4CCC(N)CC4)CN3C(=O)C=Cc3c(C(F)(F)F)ccc(Cl)c3F)[nH]2)cc1. The highest BCUT2D eigenvalue weighted by atomic mass is 35.5. The lowest BCUT2D eigenvalue weighted by Crippen LogP contribution is -2.55. The van der Waals surface area contributed by atoms with Gasteiger partial charge in [-0.3, -0.25) is 9.69 Å². The molecule has 4 aromatic rings. The van der Waals surface area contributed by atoms with Gasteiger partial charge in [-0.2, -0.15) is 18.4 Å². The minimum Gasteiger partial charge on any atom is -0.340 e. The van der Waals surface area contributed by atoms with Crippen molar-refractivity contribution < 1.29 is 26.7 Å². The van der Waals surface area contributed by atoms with Crippen LogP contribution in [-0.2, 0) is 11.0 Å². The Balaban J connectivity index is 1.44. The molecule has 13 heteroatoms. The van der Waals surface area contributed by atoms with Gasteiger partial charge in [0.1, 0.15) is 17.5 Å². The van der Waals surface area contributed by atoms with Gasteiger partial charge in [0.15, 0.2) is 0 Å². The van der Waals surface area contributed by atoms with Crippen LogP contribution in [0.25, 0.3) is 17.3 Å². The number of carbonyl (C=O) groups is 1. The summed E-state index contributed by atoms with van der Waals surface area (Å²) in [4.78, 5) is 26.0. The average molecular weight is 695 g/mol. The number of alkyl halides is 3. The summed E-state index contributed by atoms with van der Waals surface area (Å²) in [6.07, 6.45) is 0.525. The molecule has 3 heterocycles. The van der Waals surface area contributed by atoms with Crippen LogP contribution in [-0.4, -0.2) is 57.4 Å². The number of nitrogens with zero attached hydrogens (tertiary/aromatic N) is 4. The summed E-state index contributed by atoms with van der Waals surface area (Å²) in [7, 11) is 0. The first-order chi connectivity index (χ1) is 23.4. The van der Waals surface area contributed by atoms with Crippen LogP contribution in [0.15, 0.2) is 72.9 Å². The predicted octanol–water partition coefficient (Wildman–Crippen LogP) is 7.46. The number of nitrogens with two attached hydrogens (primary N) is 1. The Morgan fingerprint density at radius 2 is 1.73 bits per heavy atom. The maximum absolute atomic E-state index is 15.0. The van der Waals surface area contributed by atoms with E-state index in [-0.39, 0.29) is 18.6 Å². The molecule has 1 aromatic heterocycles. The number of amides is 1. The number of benzene rings is 3. The lowest BCUT2D eigenvalue weighted by molar-refractivity contribution is -0.138. The van der Waals surface area contributed by atoms with Crippen LogP contribution in [0.3, 0.4) is 0 Å². The molecule has 3 N–H and O–H groups in total. The molecule has 3 unspecified atom stereocenters. The van der Waals surface area contributed by atoms with Gasteiger partial charge in [-0.25, -0.2) is 13.8 Å². The maximum Gasteiger partial charge on any atom is 0.417 e. The lowest BCUT2D eigenvalue weighted by Gasteiger charge is -2.48. The molecule has 3 aromatic carbocycles. The number of nitrogens with one attached hydrogen (secondary N) is 1. The number of aromatic amines is 1. The molecule has 49 heavy (non-hydrogen) atoms. The highest BCUT2D eigenvalue weighted by Crippen LogP contribution is 2.44. The number of imidazole rings is 1. The number of likely N-dealkylation sites (tertiary alicyclic amines) is 2. The van der Waals surface area contributed by atoms with Gasteiger partial charge in [0.25, 0.3) is 0 Å². The Kier molecular flexibility index (Phi) is 9.88. The fourth-order valence-corrected chi connectivity index (χ4v) is 6.95. The van der Waals surface area contributed by atoms with Crippen molar-refractivity contribution in [3.8, 4) is 17.3 Å². The van der Waals surface area contributed by atoms with Crippen molar-refractivity contribution in [2.45, 2.75) is 49.5 Å². The van der Waals surface area contributed by atoms with Crippen LogP contribution < -0.4 is 5.73 Å². The number of H-pyrrole nitrogens is 1. The molecular formula is C36H32ClF5N6O. The van der Waals surface area contributed by atoms with E-state index in [0.29, 0.717) is 42.7 Å². The van der Waals surface area contributed by atoms with E-state index in [1.165, 1.54) is 17.0 Å². The Labute approximate surface area is 284 Å². The Hall–Kier alpha value is -4.57. The normalized spacial score (nSPS) is 20.9. The highest BCUT2D eigenvalue weighted by molar-refractivity contribution is 6.30. The molecule has 6 rings (SSSR count). The van der Waals surface area contributed by atoms with Gasteiger partial charge >= 0.3 is 6.18 Å². The van der Waals surface area contributed by atoms with Crippen molar-refractivity contribution >= 4 is 23.6 Å². The molecule has 2 aliphatic heterocycles. The summed E-state index contributed by atoms with van der Waals surface area (Å²) in [6, 6.07) is 15.5. The summed E-state index contributed by atoms with van der Waals surface area (Å²) >= 11 is 5.85. The average Bonchev–Trinajstić information content (AvgIpc) is 3.58. The zero-order valence-electron chi connectivity index (χ0n) is 26.1. The molecule has 2 fully saturated rings. The van der Waals surface area contributed by atoms with Gasteiger partial charge in [0, 0.05) is 36.2 Å². The molecule has 1 amide bonds. The van der Waals surface area contributed by atoms with E-state index < -0.39 is 51.8 Å². The van der Waals surface area contributed by atoms with Gasteiger partial charge in [-0.15, -0.1) is 0 Å². The van der Waals surface area contributed by atoms with Crippen LogP contribution >= 0.6 is 11.6 Å². The lowest BCUT2D eigenvalue weighted by atomic mass is 9.80. The fraction of sp³-hybridized carbons (Fsp3) is 0.306. The molecule has 0 radical (unpaired) electrons. The van der Waals surface area contributed by atoms with Gasteiger partial charge in [0.05, 0.1) is 40.2 Å².